The quantitative estimate of drug-likeness (QED) is 0.404. The fourth-order valence-corrected chi connectivity index (χ4v) is 2.89. The normalized spacial score (nSPS) is 12.4. The highest BCUT2D eigenvalue weighted by molar-refractivity contribution is 9.10. The lowest BCUT2D eigenvalue weighted by molar-refractivity contribution is 0.208. The van der Waals surface area contributed by atoms with E-state index in [1.165, 1.54) is 0 Å². The number of hydrogen-bond acceptors (Lipinski definition) is 3. The van der Waals surface area contributed by atoms with Crippen LogP contribution in [-0.4, -0.2) is 13.2 Å². The summed E-state index contributed by atoms with van der Waals surface area (Å²) >= 11 is 9.81. The van der Waals surface area contributed by atoms with Gasteiger partial charge in [0.05, 0.1) is 29.9 Å². The minimum atomic E-state index is 0.0316. The van der Waals surface area contributed by atoms with Gasteiger partial charge in [-0.3, -0.25) is 0 Å². The highest BCUT2D eigenvalue weighted by Gasteiger charge is 2.14. The van der Waals surface area contributed by atoms with Crippen LogP contribution < -0.4 is 9.47 Å². The Balaban J connectivity index is 2.45. The summed E-state index contributed by atoms with van der Waals surface area (Å²) in [7, 11) is 1.57. The number of benzene rings is 2. The van der Waals surface area contributed by atoms with Gasteiger partial charge >= 0.3 is 0 Å². The fraction of sp³-hybridized carbons (Fsp3) is 0.250. The summed E-state index contributed by atoms with van der Waals surface area (Å²) in [5.74, 6) is 1.07. The van der Waals surface area contributed by atoms with Crippen molar-refractivity contribution in [3.8, 4) is 17.6 Å². The summed E-state index contributed by atoms with van der Waals surface area (Å²) in [6.07, 6.45) is 2.68. The van der Waals surface area contributed by atoms with Gasteiger partial charge in [-0.1, -0.05) is 46.6 Å². The monoisotopic (exact) mass is 419 g/mol. The lowest BCUT2D eigenvalue weighted by atomic mass is 10.0. The summed E-state index contributed by atoms with van der Waals surface area (Å²) < 4.78 is 12.2. The fourth-order valence-electron chi connectivity index (χ4n) is 2.22. The molecule has 0 N–H and O–H groups in total. The van der Waals surface area contributed by atoms with Gasteiger partial charge in [0.15, 0.2) is 11.5 Å². The zero-order chi connectivity index (χ0) is 18.4. The van der Waals surface area contributed by atoms with Crippen molar-refractivity contribution in [3.05, 3.63) is 57.0 Å². The van der Waals surface area contributed by atoms with Crippen molar-refractivity contribution in [2.45, 2.75) is 26.4 Å². The molecule has 0 bridgehead atoms. The second kappa shape index (κ2) is 8.94. The van der Waals surface area contributed by atoms with Gasteiger partial charge in [0, 0.05) is 4.47 Å². The lowest BCUT2D eigenvalue weighted by Gasteiger charge is -2.17. The lowest BCUT2D eigenvalue weighted by Crippen LogP contribution is -2.11. The maximum atomic E-state index is 9.51. The van der Waals surface area contributed by atoms with Crippen molar-refractivity contribution >= 4 is 39.2 Å². The second-order valence-electron chi connectivity index (χ2n) is 5.55. The molecule has 0 fully saturated rings. The third-order valence-electron chi connectivity index (χ3n) is 3.71. The standard InChI is InChI=1S/C20H19BrClNO2/c1-4-13(2)25-20-18(22)9-14(10-19(20)24-3)8-16(12-23)15-6-5-7-17(21)11-15/h5-11,13H,4H2,1-3H3/b16-8-/t13-/m0/s1. The first kappa shape index (κ1) is 19.4. The van der Waals surface area contributed by atoms with E-state index in [1.54, 1.807) is 19.3 Å². The van der Waals surface area contributed by atoms with Crippen molar-refractivity contribution < 1.29 is 9.47 Å². The number of rotatable bonds is 6. The van der Waals surface area contributed by atoms with E-state index in [2.05, 4.69) is 22.0 Å². The van der Waals surface area contributed by atoms with Crippen molar-refractivity contribution in [1.29, 1.82) is 5.26 Å². The molecule has 130 valence electrons. The highest BCUT2D eigenvalue weighted by atomic mass is 79.9. The van der Waals surface area contributed by atoms with Crippen LogP contribution in [-0.2, 0) is 0 Å². The molecule has 2 rings (SSSR count). The SMILES string of the molecule is CC[C@H](C)Oc1c(Cl)cc(/C=C(/C#N)c2cccc(Br)c2)cc1OC. The second-order valence-corrected chi connectivity index (χ2v) is 6.87. The molecular weight excluding hydrogens is 402 g/mol. The molecule has 5 heteroatoms. The molecule has 0 radical (unpaired) electrons. The number of halogens is 2. The summed E-state index contributed by atoms with van der Waals surface area (Å²) in [5.41, 5.74) is 2.14. The van der Waals surface area contributed by atoms with Crippen LogP contribution in [0.4, 0.5) is 0 Å². The predicted octanol–water partition coefficient (Wildman–Crippen LogP) is 6.35. The van der Waals surface area contributed by atoms with Crippen LogP contribution in [0, 0.1) is 11.3 Å². The summed E-state index contributed by atoms with van der Waals surface area (Å²) in [6, 6.07) is 13.4. The van der Waals surface area contributed by atoms with Crippen LogP contribution in [0.2, 0.25) is 5.02 Å². The molecule has 0 aliphatic rings. The first-order valence-electron chi connectivity index (χ1n) is 7.90. The Bertz CT molecular complexity index is 827. The van der Waals surface area contributed by atoms with Gasteiger partial charge < -0.3 is 9.47 Å². The number of methoxy groups -OCH3 is 1. The molecule has 0 aliphatic heterocycles. The molecule has 2 aromatic carbocycles. The largest absolute Gasteiger partial charge is 0.493 e. The minimum absolute atomic E-state index is 0.0316. The van der Waals surface area contributed by atoms with Gasteiger partial charge in [-0.15, -0.1) is 0 Å². The number of nitrogens with zero attached hydrogens (tertiary/aromatic N) is 1. The molecule has 0 saturated heterocycles. The zero-order valence-electron chi connectivity index (χ0n) is 14.3. The molecule has 1 atom stereocenters. The Labute approximate surface area is 162 Å². The molecule has 0 saturated carbocycles. The van der Waals surface area contributed by atoms with E-state index in [9.17, 15) is 5.26 Å². The van der Waals surface area contributed by atoms with Crippen LogP contribution in [0.15, 0.2) is 40.9 Å². The number of allylic oxidation sites excluding steroid dienone is 1. The van der Waals surface area contributed by atoms with Gasteiger partial charge in [-0.2, -0.15) is 5.26 Å². The Morgan fingerprint density at radius 1 is 1.36 bits per heavy atom. The topological polar surface area (TPSA) is 42.2 Å². The van der Waals surface area contributed by atoms with Crippen molar-refractivity contribution in [2.75, 3.05) is 7.11 Å². The third kappa shape index (κ3) is 5.01. The van der Waals surface area contributed by atoms with Gasteiger partial charge in [0.1, 0.15) is 0 Å². The molecule has 0 aromatic heterocycles. The highest BCUT2D eigenvalue weighted by Crippen LogP contribution is 2.38. The first-order chi connectivity index (χ1) is 12.0. The average molecular weight is 421 g/mol. The molecular formula is C20H19BrClNO2. The van der Waals surface area contributed by atoms with Crippen LogP contribution in [0.25, 0.3) is 11.6 Å². The molecule has 0 aliphatic carbocycles. The molecule has 0 unspecified atom stereocenters. The van der Waals surface area contributed by atoms with Gasteiger partial charge in [0.2, 0.25) is 0 Å². The first-order valence-corrected chi connectivity index (χ1v) is 9.07. The van der Waals surface area contributed by atoms with E-state index < -0.39 is 0 Å². The van der Waals surface area contributed by atoms with E-state index in [-0.39, 0.29) is 6.10 Å². The summed E-state index contributed by atoms with van der Waals surface area (Å²) in [6.45, 7) is 4.02. The Morgan fingerprint density at radius 2 is 2.12 bits per heavy atom. The van der Waals surface area contributed by atoms with Crippen molar-refractivity contribution in [1.82, 2.24) is 0 Å². The number of nitriles is 1. The Kier molecular flexibility index (Phi) is 6.92. The molecule has 3 nitrogen and oxygen atoms in total. The zero-order valence-corrected chi connectivity index (χ0v) is 16.7. The van der Waals surface area contributed by atoms with Crippen molar-refractivity contribution in [3.63, 3.8) is 0 Å². The van der Waals surface area contributed by atoms with Gasteiger partial charge in [0.25, 0.3) is 0 Å². The van der Waals surface area contributed by atoms with Gasteiger partial charge in [-0.05, 0) is 54.8 Å². The van der Waals surface area contributed by atoms with Crippen LogP contribution in [0.1, 0.15) is 31.4 Å². The van der Waals surface area contributed by atoms with Crippen LogP contribution in [0.5, 0.6) is 11.5 Å². The average Bonchev–Trinajstić information content (AvgIpc) is 2.61. The van der Waals surface area contributed by atoms with Crippen LogP contribution in [0.3, 0.4) is 0 Å². The number of ether oxygens (including phenoxy) is 2. The number of hydrogen-bond donors (Lipinski definition) is 0. The molecule has 0 spiro atoms. The van der Waals surface area contributed by atoms with Gasteiger partial charge in [-0.25, -0.2) is 0 Å². The third-order valence-corrected chi connectivity index (χ3v) is 4.49. The summed E-state index contributed by atoms with van der Waals surface area (Å²) in [4.78, 5) is 0. The Hall–Kier alpha value is -1.96. The minimum Gasteiger partial charge on any atom is -0.493 e. The summed E-state index contributed by atoms with van der Waals surface area (Å²) in [5, 5.41) is 9.97. The van der Waals surface area contributed by atoms with E-state index in [0.717, 1.165) is 22.0 Å². The molecule has 2 aromatic rings. The smallest absolute Gasteiger partial charge is 0.180 e. The van der Waals surface area contributed by atoms with E-state index >= 15 is 0 Å². The van der Waals surface area contributed by atoms with Crippen LogP contribution >= 0.6 is 27.5 Å². The Morgan fingerprint density at radius 3 is 2.72 bits per heavy atom. The maximum absolute atomic E-state index is 9.51. The maximum Gasteiger partial charge on any atom is 0.180 e. The van der Waals surface area contributed by atoms with E-state index in [1.807, 2.05) is 44.2 Å². The molecule has 0 heterocycles. The van der Waals surface area contributed by atoms with E-state index in [4.69, 9.17) is 21.1 Å². The molecule has 25 heavy (non-hydrogen) atoms. The molecule has 0 amide bonds. The van der Waals surface area contributed by atoms with E-state index in [0.29, 0.717) is 22.1 Å². The van der Waals surface area contributed by atoms with Crippen molar-refractivity contribution in [2.24, 2.45) is 0 Å². The predicted molar refractivity (Wildman–Crippen MR) is 106 cm³/mol.